The third-order valence-corrected chi connectivity index (χ3v) is 6.27. The van der Waals surface area contributed by atoms with Crippen LogP contribution in [0.5, 0.6) is 11.5 Å². The number of carboxylic acid groups (broad SMARTS) is 1. The van der Waals surface area contributed by atoms with Crippen LogP contribution in [0.2, 0.25) is 0 Å². The van der Waals surface area contributed by atoms with E-state index in [0.29, 0.717) is 45.2 Å². The molecule has 9 heteroatoms. The van der Waals surface area contributed by atoms with Crippen molar-refractivity contribution in [1.29, 1.82) is 0 Å². The van der Waals surface area contributed by atoms with Gasteiger partial charge >= 0.3 is 5.97 Å². The summed E-state index contributed by atoms with van der Waals surface area (Å²) in [6.07, 6.45) is 1.67. The minimum Gasteiger partial charge on any atom is -0.490 e. The Morgan fingerprint density at radius 2 is 1.90 bits per heavy atom. The van der Waals surface area contributed by atoms with Gasteiger partial charge in [-0.05, 0) is 59.1 Å². The number of carboxylic acids is 1. The minimum absolute atomic E-state index is 0.197. The number of amides is 1. The molecule has 0 aliphatic carbocycles. The van der Waals surface area contributed by atoms with E-state index in [9.17, 15) is 14.7 Å². The number of thiocarbonyl (C=S) groups is 1. The number of hydrogen-bond acceptors (Lipinski definition) is 6. The second-order valence-corrected chi connectivity index (χ2v) is 8.93. The smallest absolute Gasteiger partial charge is 0.331 e. The molecule has 162 valence electrons. The zero-order chi connectivity index (χ0) is 22.5. The molecule has 2 aromatic carbocycles. The molecule has 1 aliphatic rings. The second kappa shape index (κ2) is 10.3. The summed E-state index contributed by atoms with van der Waals surface area (Å²) < 4.78 is 12.2. The van der Waals surface area contributed by atoms with Gasteiger partial charge in [-0.15, -0.1) is 0 Å². The highest BCUT2D eigenvalue weighted by molar-refractivity contribution is 9.10. The average molecular weight is 522 g/mol. The molecule has 3 rings (SSSR count). The number of ether oxygens (including phenoxy) is 2. The molecule has 6 nitrogen and oxygen atoms in total. The molecule has 0 spiro atoms. The topological polar surface area (TPSA) is 76.1 Å². The van der Waals surface area contributed by atoms with E-state index in [4.69, 9.17) is 21.7 Å². The summed E-state index contributed by atoms with van der Waals surface area (Å²) in [7, 11) is 0. The van der Waals surface area contributed by atoms with E-state index in [1.165, 1.54) is 0 Å². The van der Waals surface area contributed by atoms with Gasteiger partial charge < -0.3 is 14.6 Å². The lowest BCUT2D eigenvalue weighted by atomic mass is 10.1. The summed E-state index contributed by atoms with van der Waals surface area (Å²) in [5.41, 5.74) is 1.18. The predicted molar refractivity (Wildman–Crippen MR) is 128 cm³/mol. The first-order valence-electron chi connectivity index (χ1n) is 9.51. The van der Waals surface area contributed by atoms with Gasteiger partial charge in [0.25, 0.3) is 5.91 Å². The van der Waals surface area contributed by atoms with Gasteiger partial charge in [0.1, 0.15) is 4.32 Å². The van der Waals surface area contributed by atoms with Crippen LogP contribution < -0.4 is 9.47 Å². The fourth-order valence-electron chi connectivity index (χ4n) is 3.11. The van der Waals surface area contributed by atoms with Crippen molar-refractivity contribution in [3.63, 3.8) is 0 Å². The molecular formula is C22H20BrNO5S2. The second-order valence-electron chi connectivity index (χ2n) is 6.40. The molecule has 1 atom stereocenters. The third-order valence-electron chi connectivity index (χ3n) is 4.35. The first kappa shape index (κ1) is 23.3. The third kappa shape index (κ3) is 5.11. The lowest BCUT2D eigenvalue weighted by molar-refractivity contribution is -0.145. The normalized spacial score (nSPS) is 16.0. The zero-order valence-corrected chi connectivity index (χ0v) is 20.1. The van der Waals surface area contributed by atoms with Crippen LogP contribution in [0.25, 0.3) is 6.08 Å². The summed E-state index contributed by atoms with van der Waals surface area (Å²) in [4.78, 5) is 26.6. The maximum atomic E-state index is 13.1. The Bertz CT molecular complexity index is 1040. The largest absolute Gasteiger partial charge is 0.490 e. The van der Waals surface area contributed by atoms with Crippen molar-refractivity contribution in [2.45, 2.75) is 19.9 Å². The van der Waals surface area contributed by atoms with Crippen LogP contribution in [0, 0.1) is 0 Å². The van der Waals surface area contributed by atoms with E-state index >= 15 is 0 Å². The van der Waals surface area contributed by atoms with Crippen LogP contribution in [0.3, 0.4) is 0 Å². The standard InChI is InChI=1S/C22H20BrNO5S2/c1-3-28-16-11-13(10-15(23)19(16)29-4-2)12-17-20(25)24(22(30)31-17)18(21(26)27)14-8-6-5-7-9-14/h5-12,18H,3-4H2,1-2H3,(H,26,27)/b17-12-. The van der Waals surface area contributed by atoms with Crippen LogP contribution >= 0.6 is 39.9 Å². The number of halogens is 1. The Balaban J connectivity index is 1.97. The summed E-state index contributed by atoms with van der Waals surface area (Å²) in [6.45, 7) is 4.69. The highest BCUT2D eigenvalue weighted by atomic mass is 79.9. The Hall–Kier alpha value is -2.36. The van der Waals surface area contributed by atoms with Gasteiger partial charge in [-0.3, -0.25) is 9.69 Å². The fraction of sp³-hybridized carbons (Fsp3) is 0.227. The van der Waals surface area contributed by atoms with Gasteiger partial charge in [0.2, 0.25) is 0 Å². The maximum Gasteiger partial charge on any atom is 0.331 e. The van der Waals surface area contributed by atoms with Gasteiger partial charge in [0.15, 0.2) is 17.5 Å². The van der Waals surface area contributed by atoms with Crippen molar-refractivity contribution < 1.29 is 24.2 Å². The van der Waals surface area contributed by atoms with E-state index in [0.717, 1.165) is 16.7 Å². The Kier molecular flexibility index (Phi) is 7.74. The van der Waals surface area contributed by atoms with E-state index in [-0.39, 0.29) is 4.32 Å². The van der Waals surface area contributed by atoms with Crippen molar-refractivity contribution in [1.82, 2.24) is 4.90 Å². The molecule has 1 unspecified atom stereocenters. The summed E-state index contributed by atoms with van der Waals surface area (Å²) in [5.74, 6) is -0.461. The van der Waals surface area contributed by atoms with Gasteiger partial charge in [-0.1, -0.05) is 54.3 Å². The minimum atomic E-state index is -1.19. The SMILES string of the molecule is CCOc1cc(/C=C2\SC(=S)N(C(C(=O)O)c3ccccc3)C2=O)cc(Br)c1OCC. The van der Waals surface area contributed by atoms with Gasteiger partial charge in [0, 0.05) is 0 Å². The molecule has 2 aromatic rings. The number of rotatable bonds is 8. The van der Waals surface area contributed by atoms with Gasteiger partial charge in [-0.25, -0.2) is 4.79 Å². The van der Waals surface area contributed by atoms with Crippen molar-refractivity contribution >= 4 is 62.2 Å². The molecule has 0 saturated carbocycles. The fourth-order valence-corrected chi connectivity index (χ4v) is 5.00. The molecule has 1 amide bonds. The number of benzene rings is 2. The van der Waals surface area contributed by atoms with Crippen molar-refractivity contribution in [2.24, 2.45) is 0 Å². The van der Waals surface area contributed by atoms with Crippen LogP contribution in [0.4, 0.5) is 0 Å². The van der Waals surface area contributed by atoms with Gasteiger partial charge in [0.05, 0.1) is 22.6 Å². The molecule has 0 aromatic heterocycles. The highest BCUT2D eigenvalue weighted by Crippen LogP contribution is 2.41. The molecule has 1 N–H and O–H groups in total. The van der Waals surface area contributed by atoms with Crippen LogP contribution in [-0.4, -0.2) is 39.4 Å². The van der Waals surface area contributed by atoms with Crippen molar-refractivity contribution in [3.05, 3.63) is 63.0 Å². The van der Waals surface area contributed by atoms with Crippen LogP contribution in [0.15, 0.2) is 51.8 Å². The average Bonchev–Trinajstić information content (AvgIpc) is 2.99. The Labute approximate surface area is 198 Å². The summed E-state index contributed by atoms with van der Waals surface area (Å²) in [5, 5.41) is 9.79. The number of thioether (sulfide) groups is 1. The first-order valence-corrected chi connectivity index (χ1v) is 11.5. The monoisotopic (exact) mass is 521 g/mol. The van der Waals surface area contributed by atoms with Crippen LogP contribution in [-0.2, 0) is 9.59 Å². The molecule has 31 heavy (non-hydrogen) atoms. The van der Waals surface area contributed by atoms with Crippen molar-refractivity contribution in [2.75, 3.05) is 13.2 Å². The number of nitrogens with zero attached hydrogens (tertiary/aromatic N) is 1. The van der Waals surface area contributed by atoms with Crippen LogP contribution in [0.1, 0.15) is 31.0 Å². The molecule has 1 fully saturated rings. The highest BCUT2D eigenvalue weighted by Gasteiger charge is 2.41. The molecule has 1 heterocycles. The Morgan fingerprint density at radius 1 is 1.23 bits per heavy atom. The van der Waals surface area contributed by atoms with E-state index in [2.05, 4.69) is 15.9 Å². The Morgan fingerprint density at radius 3 is 2.52 bits per heavy atom. The number of carbonyl (C=O) groups is 2. The number of aliphatic carboxylic acids is 1. The molecule has 0 bridgehead atoms. The van der Waals surface area contributed by atoms with Gasteiger partial charge in [-0.2, -0.15) is 0 Å². The molecular weight excluding hydrogens is 502 g/mol. The predicted octanol–water partition coefficient (Wildman–Crippen LogP) is 5.27. The lowest BCUT2D eigenvalue weighted by Crippen LogP contribution is -2.37. The number of carbonyl (C=O) groups excluding carboxylic acids is 1. The maximum absolute atomic E-state index is 13.1. The number of hydrogen-bond donors (Lipinski definition) is 1. The molecule has 1 saturated heterocycles. The first-order chi connectivity index (χ1) is 14.9. The zero-order valence-electron chi connectivity index (χ0n) is 16.8. The van der Waals surface area contributed by atoms with E-state index in [1.807, 2.05) is 19.9 Å². The molecule has 0 radical (unpaired) electrons. The molecule has 1 aliphatic heterocycles. The van der Waals surface area contributed by atoms with E-state index in [1.54, 1.807) is 42.5 Å². The van der Waals surface area contributed by atoms with Crippen molar-refractivity contribution in [3.8, 4) is 11.5 Å². The summed E-state index contributed by atoms with van der Waals surface area (Å²) >= 11 is 9.93. The van der Waals surface area contributed by atoms with E-state index < -0.39 is 17.9 Å². The summed E-state index contributed by atoms with van der Waals surface area (Å²) in [6, 6.07) is 11.0. The quantitative estimate of drug-likeness (QED) is 0.374. The lowest BCUT2D eigenvalue weighted by Gasteiger charge is -2.23.